The van der Waals surface area contributed by atoms with Gasteiger partial charge >= 0.3 is 5.97 Å². The van der Waals surface area contributed by atoms with Crippen molar-refractivity contribution in [2.75, 3.05) is 6.61 Å². The van der Waals surface area contributed by atoms with E-state index in [2.05, 4.69) is 4.99 Å². The summed E-state index contributed by atoms with van der Waals surface area (Å²) in [6.07, 6.45) is 1.01. The maximum atomic E-state index is 11.6. The third-order valence-corrected chi connectivity index (χ3v) is 3.35. The maximum Gasteiger partial charge on any atom is 0.335 e. The number of thiophene rings is 1. The molecule has 16 heavy (non-hydrogen) atoms. The van der Waals surface area contributed by atoms with Gasteiger partial charge < -0.3 is 9.47 Å². The Balaban J connectivity index is 2.13. The normalized spacial score (nSPS) is 23.1. The Hall–Kier alpha value is -1.36. The highest BCUT2D eigenvalue weighted by atomic mass is 32.1. The molecule has 1 aliphatic heterocycles. The molecule has 0 amide bonds. The van der Waals surface area contributed by atoms with E-state index in [-0.39, 0.29) is 12.1 Å². The number of ether oxygens (including phenoxy) is 2. The zero-order valence-corrected chi connectivity index (χ0v) is 9.99. The molecule has 1 aliphatic rings. The summed E-state index contributed by atoms with van der Waals surface area (Å²) >= 11 is 1.61. The number of hydrogen-bond acceptors (Lipinski definition) is 5. The van der Waals surface area contributed by atoms with Crippen molar-refractivity contribution in [2.24, 2.45) is 4.99 Å². The Morgan fingerprint density at radius 3 is 3.06 bits per heavy atom. The molecule has 0 spiro atoms. The van der Waals surface area contributed by atoms with Crippen LogP contribution in [-0.4, -0.2) is 25.0 Å². The van der Waals surface area contributed by atoms with Crippen LogP contribution in [-0.2, 0) is 14.3 Å². The first-order valence-corrected chi connectivity index (χ1v) is 5.94. The third-order valence-electron chi connectivity index (χ3n) is 2.29. The van der Waals surface area contributed by atoms with E-state index in [1.165, 1.54) is 11.3 Å². The zero-order chi connectivity index (χ0) is 11.5. The van der Waals surface area contributed by atoms with E-state index in [0.717, 1.165) is 4.88 Å². The van der Waals surface area contributed by atoms with Crippen molar-refractivity contribution in [3.8, 4) is 0 Å². The summed E-state index contributed by atoms with van der Waals surface area (Å²) < 4.78 is 10.3. The first kappa shape index (κ1) is 11.1. The molecule has 0 N–H and O–H groups in total. The molecule has 5 heteroatoms. The fourth-order valence-electron chi connectivity index (χ4n) is 1.56. The molecule has 2 rings (SSSR count). The van der Waals surface area contributed by atoms with Crippen molar-refractivity contribution in [1.29, 1.82) is 0 Å². The summed E-state index contributed by atoms with van der Waals surface area (Å²) in [7, 11) is 0. The van der Waals surface area contributed by atoms with Crippen LogP contribution in [0.1, 0.15) is 22.8 Å². The van der Waals surface area contributed by atoms with Gasteiger partial charge in [-0.2, -0.15) is 0 Å². The number of carbonyl (C=O) groups excluding carboxylic acids is 1. The molecule has 0 aliphatic carbocycles. The summed E-state index contributed by atoms with van der Waals surface area (Å²) in [5, 5.41) is 0. The molecule has 0 saturated carbocycles. The molecule has 2 unspecified atom stereocenters. The Morgan fingerprint density at radius 2 is 2.44 bits per heavy atom. The summed E-state index contributed by atoms with van der Waals surface area (Å²) in [5.41, 5.74) is 0. The second kappa shape index (κ2) is 4.65. The van der Waals surface area contributed by atoms with Crippen molar-refractivity contribution in [2.45, 2.75) is 26.0 Å². The fraction of sp³-hybridized carbons (Fsp3) is 0.455. The van der Waals surface area contributed by atoms with Crippen LogP contribution in [0, 0.1) is 6.92 Å². The van der Waals surface area contributed by atoms with Gasteiger partial charge in [0.15, 0.2) is 18.5 Å². The molecule has 2 heterocycles. The van der Waals surface area contributed by atoms with E-state index in [1.807, 2.05) is 19.1 Å². The van der Waals surface area contributed by atoms with Gasteiger partial charge in [0.1, 0.15) is 0 Å². The summed E-state index contributed by atoms with van der Waals surface area (Å²) in [5.74, 6) is -0.327. The molecule has 0 aromatic carbocycles. The number of esters is 1. The number of aryl methyl sites for hydroxylation is 1. The smallest absolute Gasteiger partial charge is 0.335 e. The van der Waals surface area contributed by atoms with E-state index >= 15 is 0 Å². The topological polar surface area (TPSA) is 47.9 Å². The van der Waals surface area contributed by atoms with Gasteiger partial charge in [-0.3, -0.25) is 0 Å². The third kappa shape index (κ3) is 2.09. The minimum absolute atomic E-state index is 0.322. The van der Waals surface area contributed by atoms with Crippen LogP contribution in [0.15, 0.2) is 17.1 Å². The number of nitrogens with zero attached hydrogens (tertiary/aromatic N) is 1. The van der Waals surface area contributed by atoms with Crippen LogP contribution >= 0.6 is 11.3 Å². The van der Waals surface area contributed by atoms with Crippen LogP contribution < -0.4 is 0 Å². The highest BCUT2D eigenvalue weighted by molar-refractivity contribution is 7.12. The maximum absolute atomic E-state index is 11.6. The van der Waals surface area contributed by atoms with Crippen LogP contribution in [0.25, 0.3) is 0 Å². The van der Waals surface area contributed by atoms with Crippen LogP contribution in [0.2, 0.25) is 0 Å². The molecule has 0 radical (unpaired) electrons. The number of rotatable bonds is 3. The quantitative estimate of drug-likeness (QED) is 0.759. The fourth-order valence-corrected chi connectivity index (χ4v) is 2.50. The largest absolute Gasteiger partial charge is 0.472 e. The van der Waals surface area contributed by atoms with E-state index in [9.17, 15) is 4.79 Å². The number of carbonyl (C=O) groups is 1. The molecule has 1 aromatic rings. The Bertz CT molecular complexity index is 413. The molecule has 2 atom stereocenters. The highest BCUT2D eigenvalue weighted by Gasteiger charge is 2.35. The molecule has 1 aromatic heterocycles. The highest BCUT2D eigenvalue weighted by Crippen LogP contribution is 2.32. The van der Waals surface area contributed by atoms with Crippen LogP contribution in [0.3, 0.4) is 0 Å². The summed E-state index contributed by atoms with van der Waals surface area (Å²) in [4.78, 5) is 17.8. The van der Waals surface area contributed by atoms with E-state index in [0.29, 0.717) is 6.61 Å². The predicted octanol–water partition coefficient (Wildman–Crippen LogP) is 2.09. The Labute approximate surface area is 97.9 Å². The predicted molar refractivity (Wildman–Crippen MR) is 61.8 cm³/mol. The van der Waals surface area contributed by atoms with Gasteiger partial charge in [0, 0.05) is 9.75 Å². The molecule has 86 valence electrons. The van der Waals surface area contributed by atoms with Gasteiger partial charge in [0.2, 0.25) is 0 Å². The van der Waals surface area contributed by atoms with Gasteiger partial charge in [-0.05, 0) is 26.0 Å². The SMILES string of the molecule is CCOC(=O)C1N=COC1c1ccc(C)s1. The summed E-state index contributed by atoms with van der Waals surface area (Å²) in [6.45, 7) is 4.16. The van der Waals surface area contributed by atoms with Crippen molar-refractivity contribution in [3.63, 3.8) is 0 Å². The lowest BCUT2D eigenvalue weighted by Crippen LogP contribution is -2.25. The lowest BCUT2D eigenvalue weighted by atomic mass is 10.1. The van der Waals surface area contributed by atoms with Gasteiger partial charge in [-0.1, -0.05) is 0 Å². The average molecular weight is 239 g/mol. The van der Waals surface area contributed by atoms with Crippen LogP contribution in [0.4, 0.5) is 0 Å². The Kier molecular flexibility index (Phi) is 3.24. The monoisotopic (exact) mass is 239 g/mol. The minimum Gasteiger partial charge on any atom is -0.472 e. The van der Waals surface area contributed by atoms with Crippen molar-refractivity contribution in [3.05, 3.63) is 21.9 Å². The first-order chi connectivity index (χ1) is 7.72. The number of hydrogen-bond donors (Lipinski definition) is 0. The zero-order valence-electron chi connectivity index (χ0n) is 9.17. The summed E-state index contributed by atoms with van der Waals surface area (Å²) in [6, 6.07) is 3.41. The van der Waals surface area contributed by atoms with Crippen molar-refractivity contribution >= 4 is 23.7 Å². The van der Waals surface area contributed by atoms with E-state index in [4.69, 9.17) is 9.47 Å². The molecular weight excluding hydrogens is 226 g/mol. The minimum atomic E-state index is -0.557. The van der Waals surface area contributed by atoms with Gasteiger partial charge in [0.05, 0.1) is 6.61 Å². The molecule has 4 nitrogen and oxygen atoms in total. The second-order valence-electron chi connectivity index (χ2n) is 3.46. The van der Waals surface area contributed by atoms with Crippen LogP contribution in [0.5, 0.6) is 0 Å². The second-order valence-corrected chi connectivity index (χ2v) is 4.78. The lowest BCUT2D eigenvalue weighted by Gasteiger charge is -2.14. The van der Waals surface area contributed by atoms with Crippen molar-refractivity contribution < 1.29 is 14.3 Å². The van der Waals surface area contributed by atoms with Gasteiger partial charge in [-0.25, -0.2) is 9.79 Å². The average Bonchev–Trinajstić information content (AvgIpc) is 2.85. The molecule has 0 fully saturated rings. The number of aliphatic imine (C=N–C) groups is 1. The molecule has 0 saturated heterocycles. The van der Waals surface area contributed by atoms with Gasteiger partial charge in [0.25, 0.3) is 0 Å². The Morgan fingerprint density at radius 1 is 1.62 bits per heavy atom. The first-order valence-electron chi connectivity index (χ1n) is 5.12. The molecule has 0 bridgehead atoms. The van der Waals surface area contributed by atoms with Crippen molar-refractivity contribution in [1.82, 2.24) is 0 Å². The van der Waals surface area contributed by atoms with E-state index in [1.54, 1.807) is 18.3 Å². The lowest BCUT2D eigenvalue weighted by molar-refractivity contribution is -0.146. The van der Waals surface area contributed by atoms with Gasteiger partial charge in [-0.15, -0.1) is 11.3 Å². The standard InChI is InChI=1S/C11H13NO3S/c1-3-14-11(13)9-10(15-6-12-9)8-5-4-7(2)16-8/h4-6,9-10H,3H2,1-2H3. The van der Waals surface area contributed by atoms with E-state index < -0.39 is 6.04 Å². The molecular formula is C11H13NO3S.